The van der Waals surface area contributed by atoms with Crippen LogP contribution in [0.15, 0.2) is 5.38 Å². The van der Waals surface area contributed by atoms with Crippen LogP contribution in [0.2, 0.25) is 0 Å². The molecule has 5 nitrogen and oxygen atoms in total. The molecule has 2 rings (SSSR count). The molecule has 1 saturated heterocycles. The van der Waals surface area contributed by atoms with Crippen LogP contribution < -0.4 is 10.6 Å². The highest BCUT2D eigenvalue weighted by molar-refractivity contribution is 7.09. The predicted octanol–water partition coefficient (Wildman–Crippen LogP) is 0.246. The maximum atomic E-state index is 11.7. The molecule has 0 radical (unpaired) electrons. The number of nitrogens with zero attached hydrogens (tertiary/aromatic N) is 1. The fraction of sp³-hybridized carbons (Fsp3) is 0.545. The van der Waals surface area contributed by atoms with Gasteiger partial charge >= 0.3 is 0 Å². The number of aryl methyl sites for hydroxylation is 1. The van der Waals surface area contributed by atoms with Crippen molar-refractivity contribution >= 4 is 23.2 Å². The third kappa shape index (κ3) is 3.26. The van der Waals surface area contributed by atoms with E-state index in [0.29, 0.717) is 19.5 Å². The van der Waals surface area contributed by atoms with Crippen molar-refractivity contribution in [2.45, 2.75) is 19.8 Å². The maximum Gasteiger partial charge on any atom is 0.225 e. The van der Waals surface area contributed by atoms with E-state index in [-0.39, 0.29) is 17.7 Å². The lowest BCUT2D eigenvalue weighted by molar-refractivity contribution is -0.126. The highest BCUT2D eigenvalue weighted by atomic mass is 32.1. The number of aromatic nitrogens is 1. The van der Waals surface area contributed by atoms with Crippen molar-refractivity contribution in [3.63, 3.8) is 0 Å². The van der Waals surface area contributed by atoms with E-state index in [2.05, 4.69) is 15.6 Å². The summed E-state index contributed by atoms with van der Waals surface area (Å²) in [6.07, 6.45) is 1.05. The summed E-state index contributed by atoms with van der Waals surface area (Å²) >= 11 is 1.61. The van der Waals surface area contributed by atoms with Crippen LogP contribution in [0.3, 0.4) is 0 Å². The molecule has 92 valence electrons. The zero-order valence-electron chi connectivity index (χ0n) is 9.66. The van der Waals surface area contributed by atoms with Crippen LogP contribution >= 0.6 is 11.3 Å². The smallest absolute Gasteiger partial charge is 0.225 e. The van der Waals surface area contributed by atoms with Crippen LogP contribution in [-0.4, -0.2) is 29.9 Å². The molecule has 1 atom stereocenters. The van der Waals surface area contributed by atoms with Gasteiger partial charge in [0.05, 0.1) is 16.6 Å². The normalized spacial score (nSPS) is 19.1. The lowest BCUT2D eigenvalue weighted by Gasteiger charge is -2.07. The standard InChI is InChI=1S/C11H15N3O2S/c1-7-14-9(6-17-7)2-3-12-11(16)8-4-10(15)13-5-8/h6,8H,2-5H2,1H3,(H,12,16)(H,13,15). The molecule has 0 saturated carbocycles. The number of carbonyl (C=O) groups excluding carboxylic acids is 2. The van der Waals surface area contributed by atoms with Gasteiger partial charge in [0.25, 0.3) is 0 Å². The van der Waals surface area contributed by atoms with Gasteiger partial charge in [0.1, 0.15) is 0 Å². The molecule has 17 heavy (non-hydrogen) atoms. The largest absolute Gasteiger partial charge is 0.355 e. The summed E-state index contributed by atoms with van der Waals surface area (Å²) in [6, 6.07) is 0. The van der Waals surface area contributed by atoms with Crippen LogP contribution in [0.25, 0.3) is 0 Å². The molecule has 0 aliphatic carbocycles. The van der Waals surface area contributed by atoms with E-state index >= 15 is 0 Å². The molecule has 1 fully saturated rings. The van der Waals surface area contributed by atoms with Crippen molar-refractivity contribution < 1.29 is 9.59 Å². The van der Waals surface area contributed by atoms with Crippen molar-refractivity contribution in [1.29, 1.82) is 0 Å². The van der Waals surface area contributed by atoms with Crippen molar-refractivity contribution in [1.82, 2.24) is 15.6 Å². The fourth-order valence-corrected chi connectivity index (χ4v) is 2.42. The number of hydrogen-bond acceptors (Lipinski definition) is 4. The van der Waals surface area contributed by atoms with Gasteiger partial charge in [-0.25, -0.2) is 4.98 Å². The second-order valence-corrected chi connectivity index (χ2v) is 5.17. The number of amides is 2. The Hall–Kier alpha value is -1.43. The Kier molecular flexibility index (Phi) is 3.73. The Bertz CT molecular complexity index is 430. The van der Waals surface area contributed by atoms with Gasteiger partial charge in [-0.05, 0) is 6.92 Å². The summed E-state index contributed by atoms with van der Waals surface area (Å²) in [5, 5.41) is 8.53. The van der Waals surface area contributed by atoms with Crippen molar-refractivity contribution in [2.24, 2.45) is 5.92 Å². The van der Waals surface area contributed by atoms with Crippen LogP contribution in [0.1, 0.15) is 17.1 Å². The molecule has 6 heteroatoms. The van der Waals surface area contributed by atoms with Gasteiger partial charge in [-0.2, -0.15) is 0 Å². The van der Waals surface area contributed by atoms with Crippen LogP contribution in [0.5, 0.6) is 0 Å². The summed E-state index contributed by atoms with van der Waals surface area (Å²) in [4.78, 5) is 26.9. The highest BCUT2D eigenvalue weighted by Gasteiger charge is 2.27. The lowest BCUT2D eigenvalue weighted by atomic mass is 10.1. The fourth-order valence-electron chi connectivity index (χ4n) is 1.77. The summed E-state index contributed by atoms with van der Waals surface area (Å²) < 4.78 is 0. The van der Waals surface area contributed by atoms with Crippen molar-refractivity contribution in [2.75, 3.05) is 13.1 Å². The first-order chi connectivity index (χ1) is 8.15. The molecule has 1 aromatic heterocycles. The van der Waals surface area contributed by atoms with Gasteiger partial charge in [-0.15, -0.1) is 11.3 Å². The quantitative estimate of drug-likeness (QED) is 0.808. The second kappa shape index (κ2) is 5.27. The molecular formula is C11H15N3O2S. The molecule has 0 aromatic carbocycles. The molecule has 2 N–H and O–H groups in total. The first-order valence-corrected chi connectivity index (χ1v) is 6.48. The Labute approximate surface area is 104 Å². The molecule has 1 unspecified atom stereocenters. The third-order valence-corrected chi connectivity index (χ3v) is 3.52. The average Bonchev–Trinajstić information content (AvgIpc) is 2.88. The maximum absolute atomic E-state index is 11.7. The summed E-state index contributed by atoms with van der Waals surface area (Å²) in [7, 11) is 0. The molecule has 1 aliphatic heterocycles. The SMILES string of the molecule is Cc1nc(CCNC(=O)C2CNC(=O)C2)cs1. The van der Waals surface area contributed by atoms with E-state index in [1.54, 1.807) is 11.3 Å². The minimum atomic E-state index is -0.209. The van der Waals surface area contributed by atoms with Crippen molar-refractivity contribution in [3.8, 4) is 0 Å². The monoisotopic (exact) mass is 253 g/mol. The van der Waals surface area contributed by atoms with E-state index in [4.69, 9.17) is 0 Å². The Balaban J connectivity index is 1.71. The van der Waals surface area contributed by atoms with Crippen LogP contribution in [0.4, 0.5) is 0 Å². The molecule has 0 bridgehead atoms. The zero-order chi connectivity index (χ0) is 12.3. The van der Waals surface area contributed by atoms with Gasteiger partial charge in [0, 0.05) is 31.3 Å². The number of carbonyl (C=O) groups is 2. The predicted molar refractivity (Wildman–Crippen MR) is 64.7 cm³/mol. The lowest BCUT2D eigenvalue weighted by Crippen LogP contribution is -2.33. The third-order valence-electron chi connectivity index (χ3n) is 2.70. The van der Waals surface area contributed by atoms with Crippen LogP contribution in [0, 0.1) is 12.8 Å². The van der Waals surface area contributed by atoms with E-state index in [0.717, 1.165) is 17.1 Å². The van der Waals surface area contributed by atoms with Gasteiger partial charge in [-0.3, -0.25) is 9.59 Å². The summed E-state index contributed by atoms with van der Waals surface area (Å²) in [5.41, 5.74) is 1.01. The second-order valence-electron chi connectivity index (χ2n) is 4.10. The number of rotatable bonds is 4. The first kappa shape index (κ1) is 12.0. The Morgan fingerprint density at radius 3 is 3.12 bits per heavy atom. The zero-order valence-corrected chi connectivity index (χ0v) is 10.5. The van der Waals surface area contributed by atoms with Gasteiger partial charge in [-0.1, -0.05) is 0 Å². The van der Waals surface area contributed by atoms with E-state index in [1.165, 1.54) is 0 Å². The molecule has 1 aliphatic rings. The summed E-state index contributed by atoms with van der Waals surface area (Å²) in [6.45, 7) is 3.00. The molecule has 2 amide bonds. The van der Waals surface area contributed by atoms with E-state index < -0.39 is 0 Å². The minimum absolute atomic E-state index is 0.0414. The van der Waals surface area contributed by atoms with Gasteiger partial charge in [0.15, 0.2) is 0 Å². The Morgan fingerprint density at radius 2 is 2.53 bits per heavy atom. The Morgan fingerprint density at radius 1 is 1.71 bits per heavy atom. The topological polar surface area (TPSA) is 71.1 Å². The van der Waals surface area contributed by atoms with Crippen LogP contribution in [-0.2, 0) is 16.0 Å². The average molecular weight is 253 g/mol. The molecular weight excluding hydrogens is 238 g/mol. The van der Waals surface area contributed by atoms with E-state index in [1.807, 2.05) is 12.3 Å². The summed E-state index contributed by atoms with van der Waals surface area (Å²) in [5.74, 6) is -0.296. The first-order valence-electron chi connectivity index (χ1n) is 5.60. The van der Waals surface area contributed by atoms with E-state index in [9.17, 15) is 9.59 Å². The minimum Gasteiger partial charge on any atom is -0.355 e. The molecule has 1 aromatic rings. The number of thiazole rings is 1. The highest BCUT2D eigenvalue weighted by Crippen LogP contribution is 2.09. The number of nitrogens with one attached hydrogen (secondary N) is 2. The molecule has 2 heterocycles. The number of hydrogen-bond donors (Lipinski definition) is 2. The van der Waals surface area contributed by atoms with Crippen molar-refractivity contribution in [3.05, 3.63) is 16.1 Å². The van der Waals surface area contributed by atoms with Gasteiger partial charge in [0.2, 0.25) is 11.8 Å². The molecule has 0 spiro atoms. The van der Waals surface area contributed by atoms with Gasteiger partial charge < -0.3 is 10.6 Å².